The molecule has 0 amide bonds. The fourth-order valence-corrected chi connectivity index (χ4v) is 3.61. The Hall–Kier alpha value is -1.49. The first-order chi connectivity index (χ1) is 12.7. The highest BCUT2D eigenvalue weighted by molar-refractivity contribution is 7.89. The molecule has 1 N–H and O–H groups in total. The summed E-state index contributed by atoms with van der Waals surface area (Å²) < 4.78 is 104. The highest BCUT2D eigenvalue weighted by Gasteiger charge is 2.38. The van der Waals surface area contributed by atoms with Crippen molar-refractivity contribution in [2.75, 3.05) is 6.54 Å². The van der Waals surface area contributed by atoms with Crippen LogP contribution in [0.15, 0.2) is 41.3 Å². The maximum absolute atomic E-state index is 12.9. The first kappa shape index (κ1) is 22.8. The fraction of sp³-hybridized carbons (Fsp3) is 0.250. The quantitative estimate of drug-likeness (QED) is 0.588. The van der Waals surface area contributed by atoms with E-state index in [1.54, 1.807) is 6.07 Å². The highest BCUT2D eigenvalue weighted by atomic mass is 35.5. The van der Waals surface area contributed by atoms with Crippen LogP contribution in [0.4, 0.5) is 26.3 Å². The third kappa shape index (κ3) is 5.76. The molecule has 0 fully saturated rings. The maximum atomic E-state index is 12.9. The molecule has 0 saturated heterocycles. The third-order valence-corrected chi connectivity index (χ3v) is 5.74. The van der Waals surface area contributed by atoms with E-state index in [-0.39, 0.29) is 41.2 Å². The zero-order valence-electron chi connectivity index (χ0n) is 13.6. The molecular weight excluding hydrogens is 455 g/mol. The predicted molar refractivity (Wildman–Crippen MR) is 91.8 cm³/mol. The van der Waals surface area contributed by atoms with Crippen molar-refractivity contribution in [3.63, 3.8) is 0 Å². The Morgan fingerprint density at radius 1 is 0.821 bits per heavy atom. The SMILES string of the molecule is O=S(=O)(NCCc1ccc(Cl)c(Cl)c1)c1cc(C(F)(F)F)cc(C(F)(F)F)c1. The Balaban J connectivity index is 2.27. The minimum Gasteiger partial charge on any atom is -0.211 e. The van der Waals surface area contributed by atoms with Gasteiger partial charge in [-0.15, -0.1) is 0 Å². The summed E-state index contributed by atoms with van der Waals surface area (Å²) in [6.07, 6.45) is -10.2. The van der Waals surface area contributed by atoms with Crippen LogP contribution >= 0.6 is 23.2 Å². The lowest BCUT2D eigenvalue weighted by Gasteiger charge is -2.15. The number of hydrogen-bond donors (Lipinski definition) is 1. The topological polar surface area (TPSA) is 46.2 Å². The van der Waals surface area contributed by atoms with Gasteiger partial charge < -0.3 is 0 Å². The van der Waals surface area contributed by atoms with Crippen molar-refractivity contribution in [2.45, 2.75) is 23.7 Å². The summed E-state index contributed by atoms with van der Waals surface area (Å²) in [5.74, 6) is 0. The van der Waals surface area contributed by atoms with Crippen LogP contribution in [-0.4, -0.2) is 15.0 Å². The molecule has 0 spiro atoms. The van der Waals surface area contributed by atoms with Gasteiger partial charge in [-0.25, -0.2) is 13.1 Å². The largest absolute Gasteiger partial charge is 0.416 e. The van der Waals surface area contributed by atoms with Crippen LogP contribution < -0.4 is 4.72 Å². The van der Waals surface area contributed by atoms with Gasteiger partial charge in [-0.3, -0.25) is 0 Å². The van der Waals surface area contributed by atoms with Crippen LogP contribution in [0, 0.1) is 0 Å². The van der Waals surface area contributed by atoms with Crippen molar-refractivity contribution < 1.29 is 34.8 Å². The van der Waals surface area contributed by atoms with E-state index in [2.05, 4.69) is 0 Å². The molecule has 0 heterocycles. The van der Waals surface area contributed by atoms with Crippen molar-refractivity contribution in [1.82, 2.24) is 4.72 Å². The molecule has 0 unspecified atom stereocenters. The van der Waals surface area contributed by atoms with E-state index in [1.807, 2.05) is 4.72 Å². The van der Waals surface area contributed by atoms with E-state index in [0.717, 1.165) is 0 Å². The van der Waals surface area contributed by atoms with Crippen LogP contribution in [0.1, 0.15) is 16.7 Å². The van der Waals surface area contributed by atoms with Gasteiger partial charge in [0.05, 0.1) is 26.1 Å². The number of halogens is 8. The molecule has 0 aromatic heterocycles. The number of rotatable bonds is 5. The van der Waals surface area contributed by atoms with E-state index in [0.29, 0.717) is 5.56 Å². The number of benzene rings is 2. The van der Waals surface area contributed by atoms with Gasteiger partial charge in [-0.1, -0.05) is 29.3 Å². The summed E-state index contributed by atoms with van der Waals surface area (Å²) in [5.41, 5.74) is -2.86. The molecule has 0 bridgehead atoms. The van der Waals surface area contributed by atoms with Crippen LogP contribution in [0.3, 0.4) is 0 Å². The van der Waals surface area contributed by atoms with Gasteiger partial charge in [-0.2, -0.15) is 26.3 Å². The van der Waals surface area contributed by atoms with Crippen molar-refractivity contribution in [3.05, 3.63) is 63.1 Å². The molecule has 0 saturated carbocycles. The Kier molecular flexibility index (Phi) is 6.59. The zero-order chi connectivity index (χ0) is 21.3. The van der Waals surface area contributed by atoms with Crippen molar-refractivity contribution >= 4 is 33.2 Å². The number of hydrogen-bond acceptors (Lipinski definition) is 2. The zero-order valence-corrected chi connectivity index (χ0v) is 16.0. The van der Waals surface area contributed by atoms with Gasteiger partial charge in [-0.05, 0) is 42.3 Å². The second kappa shape index (κ2) is 8.10. The van der Waals surface area contributed by atoms with Crippen LogP contribution in [0.2, 0.25) is 10.0 Å². The summed E-state index contributed by atoms with van der Waals surface area (Å²) >= 11 is 11.6. The summed E-state index contributed by atoms with van der Waals surface area (Å²) in [6, 6.07) is 4.64. The first-order valence-corrected chi connectivity index (χ1v) is 9.67. The number of sulfonamides is 1. The number of alkyl halides is 6. The van der Waals surface area contributed by atoms with Crippen LogP contribution in [0.5, 0.6) is 0 Å². The Morgan fingerprint density at radius 3 is 1.82 bits per heavy atom. The molecule has 2 aromatic rings. The van der Waals surface area contributed by atoms with Crippen LogP contribution in [-0.2, 0) is 28.8 Å². The second-order valence-electron chi connectivity index (χ2n) is 5.64. The Morgan fingerprint density at radius 2 is 1.36 bits per heavy atom. The molecule has 2 rings (SSSR count). The molecule has 28 heavy (non-hydrogen) atoms. The summed E-state index contributed by atoms with van der Waals surface area (Å²) in [5, 5.41) is 0.490. The Labute approximate surface area is 166 Å². The molecule has 154 valence electrons. The van der Waals surface area contributed by atoms with Crippen molar-refractivity contribution in [1.29, 1.82) is 0 Å². The first-order valence-electron chi connectivity index (χ1n) is 7.43. The minimum absolute atomic E-state index is 0.0845. The average molecular weight is 466 g/mol. The van der Waals surface area contributed by atoms with E-state index in [4.69, 9.17) is 23.2 Å². The molecule has 0 aliphatic carbocycles. The third-order valence-electron chi connectivity index (χ3n) is 3.56. The molecule has 3 nitrogen and oxygen atoms in total. The monoisotopic (exact) mass is 465 g/mol. The molecule has 0 aliphatic rings. The van der Waals surface area contributed by atoms with E-state index < -0.39 is 38.4 Å². The normalized spacial score (nSPS) is 13.0. The minimum atomic E-state index is -5.15. The molecule has 0 atom stereocenters. The smallest absolute Gasteiger partial charge is 0.211 e. The predicted octanol–water partition coefficient (Wildman–Crippen LogP) is 5.55. The lowest BCUT2D eigenvalue weighted by molar-refractivity contribution is -0.143. The molecule has 2 aromatic carbocycles. The average Bonchev–Trinajstić information content (AvgIpc) is 2.56. The van der Waals surface area contributed by atoms with Gasteiger partial charge >= 0.3 is 12.4 Å². The van der Waals surface area contributed by atoms with E-state index in [9.17, 15) is 34.8 Å². The lowest BCUT2D eigenvalue weighted by atomic mass is 10.1. The lowest BCUT2D eigenvalue weighted by Crippen LogP contribution is -2.27. The highest BCUT2D eigenvalue weighted by Crippen LogP contribution is 2.37. The van der Waals surface area contributed by atoms with Crippen molar-refractivity contribution in [2.24, 2.45) is 0 Å². The van der Waals surface area contributed by atoms with Gasteiger partial charge in [0, 0.05) is 6.54 Å². The van der Waals surface area contributed by atoms with E-state index >= 15 is 0 Å². The maximum Gasteiger partial charge on any atom is 0.416 e. The number of nitrogens with one attached hydrogen (secondary N) is 1. The summed E-state index contributed by atoms with van der Waals surface area (Å²) in [7, 11) is -4.62. The fourth-order valence-electron chi connectivity index (χ4n) is 2.19. The van der Waals surface area contributed by atoms with Crippen LogP contribution in [0.25, 0.3) is 0 Å². The summed E-state index contributed by atoms with van der Waals surface area (Å²) in [6.45, 7) is -0.280. The summed E-state index contributed by atoms with van der Waals surface area (Å²) in [4.78, 5) is -1.14. The Bertz CT molecular complexity index is 942. The van der Waals surface area contributed by atoms with Gasteiger partial charge in [0.15, 0.2) is 0 Å². The standard InChI is InChI=1S/C16H11Cl2F6NO2S/c17-13-2-1-9(5-14(13)18)3-4-25-28(26,27)12-7-10(15(19,20)21)6-11(8-12)16(22,23)24/h1-2,5-8,25H,3-4H2. The second-order valence-corrected chi connectivity index (χ2v) is 8.22. The van der Waals surface area contributed by atoms with Gasteiger partial charge in [0.2, 0.25) is 10.0 Å². The molecule has 12 heteroatoms. The molecule has 0 radical (unpaired) electrons. The van der Waals surface area contributed by atoms with E-state index in [1.165, 1.54) is 12.1 Å². The molecular formula is C16H11Cl2F6NO2S. The molecule has 0 aliphatic heterocycles. The van der Waals surface area contributed by atoms with Gasteiger partial charge in [0.25, 0.3) is 0 Å². The van der Waals surface area contributed by atoms with Crippen molar-refractivity contribution in [3.8, 4) is 0 Å². The van der Waals surface area contributed by atoms with Gasteiger partial charge in [0.1, 0.15) is 0 Å².